The van der Waals surface area contributed by atoms with E-state index in [1.165, 1.54) is 14.2 Å². The van der Waals surface area contributed by atoms with Gasteiger partial charge in [0.05, 0.1) is 27.2 Å². The van der Waals surface area contributed by atoms with E-state index in [1.807, 2.05) is 0 Å². The minimum atomic E-state index is -0.836. The highest BCUT2D eigenvalue weighted by Crippen LogP contribution is 2.28. The molecule has 1 aromatic carbocycles. The van der Waals surface area contributed by atoms with E-state index in [0.717, 1.165) is 16.9 Å². The Kier molecular flexibility index (Phi) is 7.04. The maximum atomic E-state index is 12.5. The maximum absolute atomic E-state index is 12.5. The molecular weight excluding hydrogens is 350 g/mol. The molecule has 8 heteroatoms. The summed E-state index contributed by atoms with van der Waals surface area (Å²) in [5.74, 6) is 0.906. The molecule has 1 heterocycles. The number of carbonyl (C=O) groups excluding carboxylic acids is 3. The SMILES string of the molecule is COc1ccc(CN2C(=O)N[C@@H](CC(=O)NCCC(C)C)C2=O)cc1OC. The van der Waals surface area contributed by atoms with Crippen LogP contribution in [0.1, 0.15) is 32.3 Å². The molecule has 2 rings (SSSR count). The highest BCUT2D eigenvalue weighted by molar-refractivity contribution is 6.05. The molecule has 0 spiro atoms. The van der Waals surface area contributed by atoms with E-state index in [-0.39, 0.29) is 18.9 Å². The zero-order chi connectivity index (χ0) is 20.0. The number of imide groups is 1. The van der Waals surface area contributed by atoms with Crippen LogP contribution in [0.25, 0.3) is 0 Å². The Morgan fingerprint density at radius 1 is 1.22 bits per heavy atom. The number of carbonyl (C=O) groups is 3. The van der Waals surface area contributed by atoms with Crippen molar-refractivity contribution in [3.63, 3.8) is 0 Å². The largest absolute Gasteiger partial charge is 0.493 e. The molecule has 0 radical (unpaired) electrons. The quantitative estimate of drug-likeness (QED) is 0.638. The fraction of sp³-hybridized carbons (Fsp3) is 0.526. The van der Waals surface area contributed by atoms with Crippen LogP contribution in [0.5, 0.6) is 11.5 Å². The minimum Gasteiger partial charge on any atom is -0.493 e. The highest BCUT2D eigenvalue weighted by Gasteiger charge is 2.39. The molecule has 0 aliphatic carbocycles. The van der Waals surface area contributed by atoms with Crippen LogP contribution in [0.3, 0.4) is 0 Å². The van der Waals surface area contributed by atoms with Gasteiger partial charge in [-0.3, -0.25) is 14.5 Å². The van der Waals surface area contributed by atoms with Gasteiger partial charge in [0.1, 0.15) is 6.04 Å². The third kappa shape index (κ3) is 5.35. The average Bonchev–Trinajstić information content (AvgIpc) is 2.88. The first-order valence-electron chi connectivity index (χ1n) is 8.95. The van der Waals surface area contributed by atoms with Gasteiger partial charge in [0.25, 0.3) is 5.91 Å². The second kappa shape index (κ2) is 9.25. The van der Waals surface area contributed by atoms with Crippen molar-refractivity contribution in [2.45, 2.75) is 39.3 Å². The van der Waals surface area contributed by atoms with Crippen molar-refractivity contribution < 1.29 is 23.9 Å². The number of ether oxygens (including phenoxy) is 2. The van der Waals surface area contributed by atoms with Crippen LogP contribution in [-0.4, -0.2) is 49.6 Å². The summed E-state index contributed by atoms with van der Waals surface area (Å²) in [5.41, 5.74) is 0.721. The summed E-state index contributed by atoms with van der Waals surface area (Å²) < 4.78 is 10.4. The zero-order valence-electron chi connectivity index (χ0n) is 16.2. The van der Waals surface area contributed by atoms with Crippen LogP contribution in [0, 0.1) is 5.92 Å². The van der Waals surface area contributed by atoms with Gasteiger partial charge in [0.15, 0.2) is 11.5 Å². The van der Waals surface area contributed by atoms with Crippen LogP contribution in [0.15, 0.2) is 18.2 Å². The Morgan fingerprint density at radius 3 is 2.56 bits per heavy atom. The third-order valence-corrected chi connectivity index (χ3v) is 4.33. The number of nitrogens with one attached hydrogen (secondary N) is 2. The molecule has 4 amide bonds. The second-order valence-electron chi connectivity index (χ2n) is 6.85. The van der Waals surface area contributed by atoms with Gasteiger partial charge >= 0.3 is 6.03 Å². The number of urea groups is 1. The van der Waals surface area contributed by atoms with E-state index in [0.29, 0.717) is 24.0 Å². The van der Waals surface area contributed by atoms with Crippen molar-refractivity contribution in [1.82, 2.24) is 15.5 Å². The van der Waals surface area contributed by atoms with Gasteiger partial charge in [-0.2, -0.15) is 0 Å². The summed E-state index contributed by atoms with van der Waals surface area (Å²) in [4.78, 5) is 37.8. The lowest BCUT2D eigenvalue weighted by atomic mass is 10.1. The van der Waals surface area contributed by atoms with Crippen molar-refractivity contribution in [1.29, 1.82) is 0 Å². The van der Waals surface area contributed by atoms with Gasteiger partial charge in [-0.25, -0.2) is 4.79 Å². The molecule has 0 aromatic heterocycles. The predicted octanol–water partition coefficient (Wildman–Crippen LogP) is 1.68. The fourth-order valence-electron chi connectivity index (χ4n) is 2.78. The molecule has 1 atom stereocenters. The van der Waals surface area contributed by atoms with E-state index in [9.17, 15) is 14.4 Å². The molecule has 0 saturated carbocycles. The van der Waals surface area contributed by atoms with Crippen LogP contribution in [0.4, 0.5) is 4.79 Å². The van der Waals surface area contributed by atoms with Crippen LogP contribution < -0.4 is 20.1 Å². The molecule has 1 aromatic rings. The third-order valence-electron chi connectivity index (χ3n) is 4.33. The maximum Gasteiger partial charge on any atom is 0.325 e. The molecule has 1 aliphatic heterocycles. The summed E-state index contributed by atoms with van der Waals surface area (Å²) in [6.45, 7) is 4.79. The van der Waals surface area contributed by atoms with Gasteiger partial charge in [-0.15, -0.1) is 0 Å². The monoisotopic (exact) mass is 377 g/mol. The van der Waals surface area contributed by atoms with Gasteiger partial charge in [0.2, 0.25) is 5.91 Å². The zero-order valence-corrected chi connectivity index (χ0v) is 16.2. The van der Waals surface area contributed by atoms with Crippen molar-refractivity contribution >= 4 is 17.8 Å². The summed E-state index contributed by atoms with van der Waals surface area (Å²) in [5, 5.41) is 5.35. The summed E-state index contributed by atoms with van der Waals surface area (Å²) in [7, 11) is 3.05. The lowest BCUT2D eigenvalue weighted by molar-refractivity contribution is -0.131. The highest BCUT2D eigenvalue weighted by atomic mass is 16.5. The Balaban J connectivity index is 1.96. The number of methoxy groups -OCH3 is 2. The van der Waals surface area contributed by atoms with Crippen molar-refractivity contribution in [2.24, 2.45) is 5.92 Å². The van der Waals surface area contributed by atoms with Gasteiger partial charge in [-0.1, -0.05) is 19.9 Å². The number of benzene rings is 1. The molecule has 0 unspecified atom stereocenters. The Labute approximate surface area is 159 Å². The lowest BCUT2D eigenvalue weighted by Gasteiger charge is -2.15. The minimum absolute atomic E-state index is 0.0644. The molecule has 1 aliphatic rings. The van der Waals surface area contributed by atoms with Crippen LogP contribution >= 0.6 is 0 Å². The van der Waals surface area contributed by atoms with Gasteiger partial charge < -0.3 is 20.1 Å². The summed E-state index contributed by atoms with van der Waals surface area (Å²) >= 11 is 0. The Bertz CT molecular complexity index is 705. The molecular formula is C19H27N3O5. The normalized spacial score (nSPS) is 16.5. The molecule has 1 fully saturated rings. The molecule has 0 bridgehead atoms. The van der Waals surface area contributed by atoms with Crippen LogP contribution in [0.2, 0.25) is 0 Å². The molecule has 1 saturated heterocycles. The van der Waals surface area contributed by atoms with Crippen molar-refractivity contribution in [3.8, 4) is 11.5 Å². The Morgan fingerprint density at radius 2 is 1.93 bits per heavy atom. The number of rotatable bonds is 9. The summed E-state index contributed by atoms with van der Waals surface area (Å²) in [6, 6.07) is 3.84. The smallest absolute Gasteiger partial charge is 0.325 e. The van der Waals surface area contributed by atoms with E-state index >= 15 is 0 Å². The fourth-order valence-corrected chi connectivity index (χ4v) is 2.78. The first kappa shape index (κ1) is 20.5. The standard InChI is InChI=1S/C19H27N3O5/c1-12(2)7-8-20-17(23)10-14-18(24)22(19(25)21-14)11-13-5-6-15(26-3)16(9-13)27-4/h5-6,9,12,14H,7-8,10-11H2,1-4H3,(H,20,23)(H,21,25)/t14-/m0/s1. The number of amides is 4. The van der Waals surface area contributed by atoms with Crippen molar-refractivity contribution in [2.75, 3.05) is 20.8 Å². The Hall–Kier alpha value is -2.77. The second-order valence-corrected chi connectivity index (χ2v) is 6.85. The van der Waals surface area contributed by atoms with Gasteiger partial charge in [0, 0.05) is 6.54 Å². The molecule has 27 heavy (non-hydrogen) atoms. The molecule has 8 nitrogen and oxygen atoms in total. The van der Waals surface area contributed by atoms with E-state index in [1.54, 1.807) is 18.2 Å². The average molecular weight is 377 g/mol. The van der Waals surface area contributed by atoms with Crippen LogP contribution in [-0.2, 0) is 16.1 Å². The van der Waals surface area contributed by atoms with E-state index in [4.69, 9.17) is 9.47 Å². The van der Waals surface area contributed by atoms with Gasteiger partial charge in [-0.05, 0) is 30.0 Å². The van der Waals surface area contributed by atoms with E-state index < -0.39 is 18.0 Å². The molecule has 2 N–H and O–H groups in total. The molecule has 148 valence electrons. The number of nitrogens with zero attached hydrogens (tertiary/aromatic N) is 1. The first-order chi connectivity index (χ1) is 12.8. The summed E-state index contributed by atoms with van der Waals surface area (Å²) in [6.07, 6.45) is 0.799. The lowest BCUT2D eigenvalue weighted by Crippen LogP contribution is -2.37. The number of hydrogen-bond donors (Lipinski definition) is 2. The van der Waals surface area contributed by atoms with E-state index in [2.05, 4.69) is 24.5 Å². The number of hydrogen-bond acceptors (Lipinski definition) is 5. The van der Waals surface area contributed by atoms with Crippen molar-refractivity contribution in [3.05, 3.63) is 23.8 Å². The topological polar surface area (TPSA) is 97.0 Å². The first-order valence-corrected chi connectivity index (χ1v) is 8.95. The predicted molar refractivity (Wildman–Crippen MR) is 99.5 cm³/mol.